The third kappa shape index (κ3) is 4.22. The SMILES string of the molecule is CCCCOC(=O)c1ccccc1C(=O)Oc1cccc(C)c1C. The van der Waals surface area contributed by atoms with E-state index >= 15 is 0 Å². The van der Waals surface area contributed by atoms with Gasteiger partial charge in [-0.25, -0.2) is 9.59 Å². The van der Waals surface area contributed by atoms with Crippen LogP contribution >= 0.6 is 0 Å². The van der Waals surface area contributed by atoms with Crippen LogP contribution in [0.5, 0.6) is 5.75 Å². The average molecular weight is 326 g/mol. The zero-order chi connectivity index (χ0) is 17.5. The molecule has 0 N–H and O–H groups in total. The van der Waals surface area contributed by atoms with E-state index in [0.717, 1.165) is 24.0 Å². The van der Waals surface area contributed by atoms with Gasteiger partial charge >= 0.3 is 11.9 Å². The normalized spacial score (nSPS) is 10.3. The van der Waals surface area contributed by atoms with Crippen molar-refractivity contribution < 1.29 is 19.1 Å². The van der Waals surface area contributed by atoms with Crippen molar-refractivity contribution in [3.8, 4) is 5.75 Å². The van der Waals surface area contributed by atoms with Crippen molar-refractivity contribution >= 4 is 11.9 Å². The minimum absolute atomic E-state index is 0.208. The Labute approximate surface area is 142 Å². The molecule has 2 aromatic rings. The number of esters is 2. The Kier molecular flexibility index (Phi) is 6.13. The molecule has 0 radical (unpaired) electrons. The predicted molar refractivity (Wildman–Crippen MR) is 92.5 cm³/mol. The minimum atomic E-state index is -0.563. The Morgan fingerprint density at radius 1 is 0.917 bits per heavy atom. The van der Waals surface area contributed by atoms with Gasteiger partial charge in [0, 0.05) is 0 Å². The van der Waals surface area contributed by atoms with Gasteiger partial charge in [-0.2, -0.15) is 0 Å². The van der Waals surface area contributed by atoms with Crippen molar-refractivity contribution in [1.29, 1.82) is 0 Å². The molecule has 0 aromatic heterocycles. The number of carbonyl (C=O) groups excluding carboxylic acids is 2. The Balaban J connectivity index is 2.20. The van der Waals surface area contributed by atoms with Gasteiger partial charge in [-0.05, 0) is 49.6 Å². The lowest BCUT2D eigenvalue weighted by Crippen LogP contribution is -2.16. The lowest BCUT2D eigenvalue weighted by atomic mass is 10.1. The topological polar surface area (TPSA) is 52.6 Å². The van der Waals surface area contributed by atoms with E-state index in [0.29, 0.717) is 12.4 Å². The van der Waals surface area contributed by atoms with Gasteiger partial charge in [0.25, 0.3) is 0 Å². The van der Waals surface area contributed by atoms with E-state index in [4.69, 9.17) is 9.47 Å². The van der Waals surface area contributed by atoms with Gasteiger partial charge < -0.3 is 9.47 Å². The van der Waals surface area contributed by atoms with E-state index in [-0.39, 0.29) is 11.1 Å². The van der Waals surface area contributed by atoms with Crippen LogP contribution in [0.1, 0.15) is 51.6 Å². The van der Waals surface area contributed by atoms with Gasteiger partial charge in [0.15, 0.2) is 0 Å². The van der Waals surface area contributed by atoms with E-state index in [2.05, 4.69) is 0 Å². The number of carbonyl (C=O) groups is 2. The van der Waals surface area contributed by atoms with Crippen LogP contribution in [0.15, 0.2) is 42.5 Å². The van der Waals surface area contributed by atoms with Crippen LogP contribution in [0.2, 0.25) is 0 Å². The molecule has 0 aliphatic heterocycles. The second-order valence-corrected chi connectivity index (χ2v) is 5.62. The van der Waals surface area contributed by atoms with Gasteiger partial charge in [0.2, 0.25) is 0 Å². The summed E-state index contributed by atoms with van der Waals surface area (Å²) in [7, 11) is 0. The van der Waals surface area contributed by atoms with Crippen molar-refractivity contribution in [1.82, 2.24) is 0 Å². The van der Waals surface area contributed by atoms with E-state index < -0.39 is 11.9 Å². The number of benzene rings is 2. The Morgan fingerprint density at radius 2 is 1.58 bits per heavy atom. The molecule has 0 saturated carbocycles. The first kappa shape index (κ1) is 17.7. The highest BCUT2D eigenvalue weighted by Crippen LogP contribution is 2.22. The standard InChI is InChI=1S/C20H22O4/c1-4-5-13-23-19(21)16-10-6-7-11-17(16)20(22)24-18-12-8-9-14(2)15(18)3/h6-12H,4-5,13H2,1-3H3. The third-order valence-electron chi connectivity index (χ3n) is 3.86. The molecule has 0 heterocycles. The summed E-state index contributed by atoms with van der Waals surface area (Å²) in [5.41, 5.74) is 2.37. The monoisotopic (exact) mass is 326 g/mol. The molecule has 0 bridgehead atoms. The number of aryl methyl sites for hydroxylation is 1. The third-order valence-corrected chi connectivity index (χ3v) is 3.86. The smallest absolute Gasteiger partial charge is 0.344 e. The van der Waals surface area contributed by atoms with Crippen molar-refractivity contribution in [2.75, 3.05) is 6.61 Å². The second-order valence-electron chi connectivity index (χ2n) is 5.62. The zero-order valence-electron chi connectivity index (χ0n) is 14.3. The maximum absolute atomic E-state index is 12.5. The van der Waals surface area contributed by atoms with Crippen molar-refractivity contribution in [2.24, 2.45) is 0 Å². The largest absolute Gasteiger partial charge is 0.462 e. The molecule has 0 saturated heterocycles. The number of unbranched alkanes of at least 4 members (excludes halogenated alkanes) is 1. The van der Waals surface area contributed by atoms with Crippen molar-refractivity contribution in [3.63, 3.8) is 0 Å². The Morgan fingerprint density at radius 3 is 2.25 bits per heavy atom. The molecule has 0 amide bonds. The van der Waals surface area contributed by atoms with Crippen molar-refractivity contribution in [2.45, 2.75) is 33.6 Å². The fraction of sp³-hybridized carbons (Fsp3) is 0.300. The molecular formula is C20H22O4. The van der Waals surface area contributed by atoms with E-state index in [1.165, 1.54) is 0 Å². The molecule has 0 unspecified atom stereocenters. The summed E-state index contributed by atoms with van der Waals surface area (Å²) in [6.07, 6.45) is 1.73. The second kappa shape index (κ2) is 8.29. The molecule has 0 fully saturated rings. The van der Waals surface area contributed by atoms with Crippen LogP contribution in [0, 0.1) is 13.8 Å². The highest BCUT2D eigenvalue weighted by molar-refractivity contribution is 6.03. The predicted octanol–water partition coefficient (Wildman–Crippen LogP) is 4.48. The molecule has 0 spiro atoms. The highest BCUT2D eigenvalue weighted by atomic mass is 16.5. The molecule has 24 heavy (non-hydrogen) atoms. The summed E-state index contributed by atoms with van der Waals surface area (Å²) in [5, 5.41) is 0. The Hall–Kier alpha value is -2.62. The molecule has 4 heteroatoms. The number of hydrogen-bond donors (Lipinski definition) is 0. The first-order chi connectivity index (χ1) is 11.5. The number of rotatable bonds is 6. The van der Waals surface area contributed by atoms with Crippen LogP contribution in [-0.4, -0.2) is 18.5 Å². The summed E-state index contributed by atoms with van der Waals surface area (Å²) < 4.78 is 10.7. The molecule has 0 aliphatic carbocycles. The fourth-order valence-corrected chi connectivity index (χ4v) is 2.22. The van der Waals surface area contributed by atoms with Crippen LogP contribution in [0.3, 0.4) is 0 Å². The fourth-order valence-electron chi connectivity index (χ4n) is 2.22. The van der Waals surface area contributed by atoms with Gasteiger partial charge in [-0.15, -0.1) is 0 Å². The van der Waals surface area contributed by atoms with Crippen molar-refractivity contribution in [3.05, 3.63) is 64.7 Å². The maximum Gasteiger partial charge on any atom is 0.344 e. The zero-order valence-corrected chi connectivity index (χ0v) is 14.3. The lowest BCUT2D eigenvalue weighted by molar-refractivity contribution is 0.0491. The van der Waals surface area contributed by atoms with Gasteiger partial charge in [0.05, 0.1) is 17.7 Å². The summed E-state index contributed by atoms with van der Waals surface area (Å²) in [5.74, 6) is -0.571. The molecule has 2 aromatic carbocycles. The van der Waals surface area contributed by atoms with Gasteiger partial charge in [0.1, 0.15) is 5.75 Å². The molecule has 126 valence electrons. The average Bonchev–Trinajstić information content (AvgIpc) is 2.59. The first-order valence-corrected chi connectivity index (χ1v) is 8.09. The van der Waals surface area contributed by atoms with E-state index in [1.54, 1.807) is 30.3 Å². The molecule has 2 rings (SSSR count). The quantitative estimate of drug-likeness (QED) is 0.446. The maximum atomic E-state index is 12.5. The molecule has 0 atom stereocenters. The summed E-state index contributed by atoms with van der Waals surface area (Å²) in [6.45, 7) is 6.20. The number of hydrogen-bond acceptors (Lipinski definition) is 4. The van der Waals surface area contributed by atoms with Crippen LogP contribution in [0.4, 0.5) is 0 Å². The molecular weight excluding hydrogens is 304 g/mol. The first-order valence-electron chi connectivity index (χ1n) is 8.09. The Bertz CT molecular complexity index is 734. The number of ether oxygens (including phenoxy) is 2. The minimum Gasteiger partial charge on any atom is -0.462 e. The molecule has 4 nitrogen and oxygen atoms in total. The van der Waals surface area contributed by atoms with E-state index in [9.17, 15) is 9.59 Å². The van der Waals surface area contributed by atoms with Gasteiger partial charge in [-0.3, -0.25) is 0 Å². The van der Waals surface area contributed by atoms with Crippen LogP contribution in [0.25, 0.3) is 0 Å². The highest BCUT2D eigenvalue weighted by Gasteiger charge is 2.20. The summed E-state index contributed by atoms with van der Waals surface area (Å²) >= 11 is 0. The molecule has 0 aliphatic rings. The van der Waals surface area contributed by atoms with Crippen LogP contribution in [-0.2, 0) is 4.74 Å². The van der Waals surface area contributed by atoms with E-state index in [1.807, 2.05) is 32.9 Å². The summed E-state index contributed by atoms with van der Waals surface area (Å²) in [6, 6.07) is 12.1. The van der Waals surface area contributed by atoms with Crippen LogP contribution < -0.4 is 4.74 Å². The summed E-state index contributed by atoms with van der Waals surface area (Å²) in [4.78, 5) is 24.7. The lowest BCUT2D eigenvalue weighted by Gasteiger charge is -2.11. The van der Waals surface area contributed by atoms with Gasteiger partial charge in [-0.1, -0.05) is 37.6 Å².